The average Bonchev–Trinajstić information content (AvgIpc) is 3.40. The molecular weight excluding hydrogens is 426 g/mol. The fourth-order valence-electron chi connectivity index (χ4n) is 3.79. The lowest BCUT2D eigenvalue weighted by molar-refractivity contribution is 0.0957. The highest BCUT2D eigenvalue weighted by atomic mass is 32.1. The average molecular weight is 448 g/mol. The summed E-state index contributed by atoms with van der Waals surface area (Å²) >= 11 is 2.88. The molecule has 7 heteroatoms. The van der Waals surface area contributed by atoms with Crippen molar-refractivity contribution in [2.75, 3.05) is 6.54 Å². The van der Waals surface area contributed by atoms with Crippen molar-refractivity contribution in [3.05, 3.63) is 82.1 Å². The van der Waals surface area contributed by atoms with E-state index in [9.17, 15) is 4.79 Å². The number of aromatic nitrogens is 2. The number of nitrogens with zero attached hydrogens (tertiary/aromatic N) is 2. The van der Waals surface area contributed by atoms with Gasteiger partial charge in [0.15, 0.2) is 5.06 Å². The maximum Gasteiger partial charge on any atom is 0.261 e. The highest BCUT2D eigenvalue weighted by Gasteiger charge is 2.30. The lowest BCUT2D eigenvalue weighted by atomic mass is 9.93. The zero-order chi connectivity index (χ0) is 21.2. The van der Waals surface area contributed by atoms with Crippen LogP contribution in [0.25, 0.3) is 10.4 Å². The van der Waals surface area contributed by atoms with Crippen LogP contribution in [0.5, 0.6) is 10.8 Å². The SMILES string of the molecule is Cc1ncccc1Oc1sc(C(=O)NCCc2ccccc2)c2c1-c1sncc1CC2. The number of amides is 1. The third-order valence-corrected chi connectivity index (χ3v) is 7.37. The van der Waals surface area contributed by atoms with E-state index in [1.54, 1.807) is 6.20 Å². The summed E-state index contributed by atoms with van der Waals surface area (Å²) in [7, 11) is 0. The summed E-state index contributed by atoms with van der Waals surface area (Å²) < 4.78 is 10.7. The van der Waals surface area contributed by atoms with Crippen LogP contribution in [-0.4, -0.2) is 21.8 Å². The van der Waals surface area contributed by atoms with Crippen LogP contribution in [0.1, 0.15) is 32.1 Å². The molecule has 1 N–H and O–H groups in total. The highest BCUT2D eigenvalue weighted by Crippen LogP contribution is 2.50. The molecule has 0 fully saturated rings. The van der Waals surface area contributed by atoms with E-state index in [1.807, 2.05) is 43.5 Å². The Bertz CT molecular complexity index is 1230. The predicted molar refractivity (Wildman–Crippen MR) is 124 cm³/mol. The van der Waals surface area contributed by atoms with Crippen molar-refractivity contribution >= 4 is 28.8 Å². The second-order valence-electron chi connectivity index (χ2n) is 7.43. The van der Waals surface area contributed by atoms with Gasteiger partial charge in [0.1, 0.15) is 5.75 Å². The molecule has 1 aromatic carbocycles. The number of ether oxygens (including phenoxy) is 1. The molecule has 0 unspecified atom stereocenters. The van der Waals surface area contributed by atoms with E-state index >= 15 is 0 Å². The third-order valence-electron chi connectivity index (χ3n) is 5.40. The Kier molecular flexibility index (Phi) is 5.53. The molecule has 0 saturated heterocycles. The Morgan fingerprint density at radius 2 is 2.03 bits per heavy atom. The van der Waals surface area contributed by atoms with Crippen LogP contribution in [0.4, 0.5) is 0 Å². The van der Waals surface area contributed by atoms with Gasteiger partial charge in [-0.2, -0.15) is 0 Å². The Morgan fingerprint density at radius 3 is 2.87 bits per heavy atom. The molecule has 0 spiro atoms. The molecule has 4 aromatic rings. The van der Waals surface area contributed by atoms with Gasteiger partial charge in [-0.15, -0.1) is 0 Å². The predicted octanol–water partition coefficient (Wildman–Crippen LogP) is 5.44. The Hall–Kier alpha value is -3.03. The number of carbonyl (C=O) groups excluding carboxylic acids is 1. The maximum absolute atomic E-state index is 13.1. The molecule has 0 aliphatic heterocycles. The van der Waals surface area contributed by atoms with Gasteiger partial charge < -0.3 is 10.1 Å². The number of benzene rings is 1. The van der Waals surface area contributed by atoms with Crippen molar-refractivity contribution in [1.29, 1.82) is 0 Å². The molecule has 1 aliphatic carbocycles. The maximum atomic E-state index is 13.1. The molecule has 31 heavy (non-hydrogen) atoms. The molecule has 5 rings (SSSR count). The number of hydrogen-bond acceptors (Lipinski definition) is 6. The van der Waals surface area contributed by atoms with E-state index in [0.717, 1.165) is 50.9 Å². The lowest BCUT2D eigenvalue weighted by Crippen LogP contribution is -2.26. The number of thiophene rings is 1. The minimum Gasteiger partial charge on any atom is -0.444 e. The molecule has 0 bridgehead atoms. The third kappa shape index (κ3) is 3.98. The van der Waals surface area contributed by atoms with Crippen LogP contribution in [0.3, 0.4) is 0 Å². The van der Waals surface area contributed by atoms with Crippen LogP contribution < -0.4 is 10.1 Å². The van der Waals surface area contributed by atoms with Crippen LogP contribution in [0, 0.1) is 6.92 Å². The number of fused-ring (bicyclic) bond motifs is 3. The van der Waals surface area contributed by atoms with Gasteiger partial charge >= 0.3 is 0 Å². The van der Waals surface area contributed by atoms with Gasteiger partial charge in [0.05, 0.1) is 21.0 Å². The summed E-state index contributed by atoms with van der Waals surface area (Å²) in [6.45, 7) is 2.52. The van der Waals surface area contributed by atoms with Crippen LogP contribution in [0.2, 0.25) is 0 Å². The van der Waals surface area contributed by atoms with Gasteiger partial charge in [-0.1, -0.05) is 41.7 Å². The number of pyridine rings is 1. The van der Waals surface area contributed by atoms with Crippen LogP contribution in [-0.2, 0) is 19.3 Å². The topological polar surface area (TPSA) is 64.1 Å². The normalized spacial score (nSPS) is 12.2. The van der Waals surface area contributed by atoms with E-state index in [0.29, 0.717) is 12.3 Å². The number of rotatable bonds is 6. The molecule has 0 radical (unpaired) electrons. The Labute approximate surface area is 188 Å². The minimum absolute atomic E-state index is 0.0390. The first-order valence-corrected chi connectivity index (χ1v) is 11.8. The zero-order valence-corrected chi connectivity index (χ0v) is 18.7. The van der Waals surface area contributed by atoms with Gasteiger partial charge in [0.25, 0.3) is 5.91 Å². The quantitative estimate of drug-likeness (QED) is 0.428. The number of aryl methyl sites for hydroxylation is 2. The highest BCUT2D eigenvalue weighted by molar-refractivity contribution is 7.17. The number of nitrogens with one attached hydrogen (secondary N) is 1. The second-order valence-corrected chi connectivity index (χ2v) is 9.22. The summed E-state index contributed by atoms with van der Waals surface area (Å²) in [5, 5.41) is 3.84. The standard InChI is InChI=1S/C24H21N3O2S2/c1-15-19(8-5-12-25-15)29-24-20-18(10-9-17-14-27-31-21(17)20)22(30-24)23(28)26-13-11-16-6-3-2-4-7-16/h2-8,12,14H,9-11,13H2,1H3,(H,26,28). The first-order chi connectivity index (χ1) is 15.2. The van der Waals surface area contributed by atoms with Crippen molar-refractivity contribution < 1.29 is 9.53 Å². The lowest BCUT2D eigenvalue weighted by Gasteiger charge is -2.14. The van der Waals surface area contributed by atoms with E-state index in [2.05, 4.69) is 26.8 Å². The summed E-state index contributed by atoms with van der Waals surface area (Å²) in [6, 6.07) is 14.0. The summed E-state index contributed by atoms with van der Waals surface area (Å²) in [4.78, 5) is 19.3. The Morgan fingerprint density at radius 1 is 1.16 bits per heavy atom. The van der Waals surface area contributed by atoms with E-state index in [4.69, 9.17) is 4.74 Å². The van der Waals surface area contributed by atoms with Gasteiger partial charge in [-0.3, -0.25) is 9.78 Å². The van der Waals surface area contributed by atoms with Crippen molar-refractivity contribution in [1.82, 2.24) is 14.7 Å². The van der Waals surface area contributed by atoms with E-state index in [1.165, 1.54) is 34.0 Å². The van der Waals surface area contributed by atoms with Crippen molar-refractivity contribution in [3.63, 3.8) is 0 Å². The van der Waals surface area contributed by atoms with Crippen LogP contribution in [0.15, 0.2) is 54.9 Å². The molecule has 156 valence electrons. The first kappa shape index (κ1) is 19.9. The van der Waals surface area contributed by atoms with Gasteiger partial charge in [0.2, 0.25) is 0 Å². The Balaban J connectivity index is 1.44. The van der Waals surface area contributed by atoms with Gasteiger partial charge in [-0.05, 0) is 66.5 Å². The van der Waals surface area contributed by atoms with Crippen LogP contribution >= 0.6 is 22.9 Å². The van der Waals surface area contributed by atoms with E-state index < -0.39 is 0 Å². The molecule has 0 saturated carbocycles. The van der Waals surface area contributed by atoms with E-state index in [-0.39, 0.29) is 5.91 Å². The summed E-state index contributed by atoms with van der Waals surface area (Å²) in [5.41, 5.74) is 5.33. The molecule has 0 atom stereocenters. The van der Waals surface area contributed by atoms with Crippen molar-refractivity contribution in [3.8, 4) is 21.3 Å². The fraction of sp³-hybridized carbons (Fsp3) is 0.208. The summed E-state index contributed by atoms with van der Waals surface area (Å²) in [5.74, 6) is 0.669. The van der Waals surface area contributed by atoms with Crippen molar-refractivity contribution in [2.45, 2.75) is 26.2 Å². The van der Waals surface area contributed by atoms with Crippen molar-refractivity contribution in [2.24, 2.45) is 0 Å². The zero-order valence-electron chi connectivity index (χ0n) is 17.1. The molecule has 1 aliphatic rings. The molecule has 3 heterocycles. The smallest absolute Gasteiger partial charge is 0.261 e. The molecule has 5 nitrogen and oxygen atoms in total. The number of hydrogen-bond donors (Lipinski definition) is 1. The number of carbonyl (C=O) groups is 1. The van der Waals surface area contributed by atoms with Gasteiger partial charge in [-0.25, -0.2) is 4.37 Å². The molecule has 3 aromatic heterocycles. The largest absolute Gasteiger partial charge is 0.444 e. The molecule has 1 amide bonds. The first-order valence-electron chi connectivity index (χ1n) is 10.2. The fourth-order valence-corrected chi connectivity index (χ4v) is 5.86. The second kappa shape index (κ2) is 8.61. The summed E-state index contributed by atoms with van der Waals surface area (Å²) in [6.07, 6.45) is 6.19. The monoisotopic (exact) mass is 447 g/mol. The minimum atomic E-state index is -0.0390. The van der Waals surface area contributed by atoms with Gasteiger partial charge in [0, 0.05) is 18.9 Å². The molecular formula is C24H21N3O2S2.